The van der Waals surface area contributed by atoms with E-state index in [1.165, 1.54) is 11.8 Å². The minimum absolute atomic E-state index is 0.137. The Bertz CT molecular complexity index is 773. The number of benzene rings is 1. The van der Waals surface area contributed by atoms with Crippen LogP contribution >= 0.6 is 11.8 Å². The van der Waals surface area contributed by atoms with Crippen LogP contribution in [0.25, 0.3) is 0 Å². The molecule has 23 heavy (non-hydrogen) atoms. The van der Waals surface area contributed by atoms with Crippen molar-refractivity contribution in [3.05, 3.63) is 45.4 Å². The number of aromatic nitrogens is 3. The quantitative estimate of drug-likeness (QED) is 0.821. The van der Waals surface area contributed by atoms with Gasteiger partial charge in [-0.25, -0.2) is 0 Å². The smallest absolute Gasteiger partial charge is 0.273 e. The molecule has 2 N–H and O–H groups in total. The van der Waals surface area contributed by atoms with Gasteiger partial charge in [-0.05, 0) is 38.3 Å². The van der Waals surface area contributed by atoms with Gasteiger partial charge in [-0.3, -0.25) is 14.6 Å². The van der Waals surface area contributed by atoms with E-state index in [2.05, 4.69) is 27.4 Å². The van der Waals surface area contributed by atoms with Crippen molar-refractivity contribution in [1.82, 2.24) is 15.2 Å². The lowest BCUT2D eigenvalue weighted by molar-refractivity contribution is -0.115. The van der Waals surface area contributed by atoms with E-state index in [9.17, 15) is 9.59 Å². The molecule has 0 radical (unpaired) electrons. The van der Waals surface area contributed by atoms with Crippen molar-refractivity contribution in [2.45, 2.75) is 44.5 Å². The summed E-state index contributed by atoms with van der Waals surface area (Å²) in [4.78, 5) is 26.6. The number of carbonyl (C=O) groups is 1. The van der Waals surface area contributed by atoms with Crippen molar-refractivity contribution in [3.63, 3.8) is 0 Å². The zero-order chi connectivity index (χ0) is 17.0. The molecule has 2 aromatic rings. The van der Waals surface area contributed by atoms with Crippen LogP contribution in [0.2, 0.25) is 0 Å². The number of carbonyl (C=O) groups excluding carboxylic acids is 1. The van der Waals surface area contributed by atoms with Gasteiger partial charge in [0.1, 0.15) is 5.69 Å². The molecule has 7 heteroatoms. The Hall–Kier alpha value is -2.15. The number of para-hydroxylation sites is 1. The predicted octanol–water partition coefficient (Wildman–Crippen LogP) is 2.46. The van der Waals surface area contributed by atoms with Crippen LogP contribution in [0.15, 0.2) is 28.2 Å². The first-order chi connectivity index (χ1) is 10.9. The van der Waals surface area contributed by atoms with Gasteiger partial charge in [0.05, 0.1) is 5.25 Å². The molecule has 0 aliphatic heterocycles. The molecule has 0 unspecified atom stereocenters. The van der Waals surface area contributed by atoms with Crippen LogP contribution in [-0.4, -0.2) is 26.3 Å². The Morgan fingerprint density at radius 3 is 2.74 bits per heavy atom. The van der Waals surface area contributed by atoms with Crippen LogP contribution in [0.1, 0.15) is 30.7 Å². The summed E-state index contributed by atoms with van der Waals surface area (Å²) in [5.41, 5.74) is 3.00. The predicted molar refractivity (Wildman–Crippen MR) is 91.9 cm³/mol. The lowest BCUT2D eigenvalue weighted by atomic mass is 10.1. The van der Waals surface area contributed by atoms with Gasteiger partial charge in [-0.15, -0.1) is 10.2 Å². The minimum Gasteiger partial charge on any atom is -0.325 e. The maximum Gasteiger partial charge on any atom is 0.273 e. The van der Waals surface area contributed by atoms with E-state index in [-0.39, 0.29) is 11.5 Å². The summed E-state index contributed by atoms with van der Waals surface area (Å²) in [7, 11) is 0. The molecule has 1 heterocycles. The lowest BCUT2D eigenvalue weighted by Crippen LogP contribution is -2.24. The molecule has 0 saturated carbocycles. The Kier molecular flexibility index (Phi) is 5.54. The third-order valence-corrected chi connectivity index (χ3v) is 4.46. The number of amides is 1. The number of hydrogen-bond acceptors (Lipinski definition) is 5. The van der Waals surface area contributed by atoms with Crippen LogP contribution in [-0.2, 0) is 11.2 Å². The Morgan fingerprint density at radius 1 is 1.35 bits per heavy atom. The monoisotopic (exact) mass is 332 g/mol. The normalized spacial score (nSPS) is 12.0. The summed E-state index contributed by atoms with van der Waals surface area (Å²) in [6.07, 6.45) is 0.843. The average Bonchev–Trinajstić information content (AvgIpc) is 2.52. The molecule has 1 amide bonds. The first-order valence-corrected chi connectivity index (χ1v) is 8.30. The number of nitrogens with one attached hydrogen (secondary N) is 2. The van der Waals surface area contributed by atoms with Crippen molar-refractivity contribution in [3.8, 4) is 0 Å². The molecule has 6 nitrogen and oxygen atoms in total. The number of aromatic amines is 1. The van der Waals surface area contributed by atoms with Gasteiger partial charge in [0, 0.05) is 5.69 Å². The van der Waals surface area contributed by atoms with Gasteiger partial charge in [-0.2, -0.15) is 0 Å². The minimum atomic E-state index is -0.410. The van der Waals surface area contributed by atoms with Gasteiger partial charge in [0.15, 0.2) is 5.16 Å². The van der Waals surface area contributed by atoms with E-state index >= 15 is 0 Å². The summed E-state index contributed by atoms with van der Waals surface area (Å²) < 4.78 is 0. The van der Waals surface area contributed by atoms with Crippen LogP contribution in [0, 0.1) is 13.8 Å². The van der Waals surface area contributed by atoms with Crippen LogP contribution < -0.4 is 10.9 Å². The molecular weight excluding hydrogens is 312 g/mol. The second kappa shape index (κ2) is 7.41. The van der Waals surface area contributed by atoms with Gasteiger partial charge < -0.3 is 5.32 Å². The van der Waals surface area contributed by atoms with Crippen LogP contribution in [0.4, 0.5) is 5.69 Å². The largest absolute Gasteiger partial charge is 0.325 e. The first-order valence-electron chi connectivity index (χ1n) is 7.42. The van der Waals surface area contributed by atoms with Crippen LogP contribution in [0.3, 0.4) is 0 Å². The highest BCUT2D eigenvalue weighted by Crippen LogP contribution is 2.24. The maximum atomic E-state index is 12.4. The zero-order valence-electron chi connectivity index (χ0n) is 13.6. The second-order valence-electron chi connectivity index (χ2n) is 5.26. The Balaban J connectivity index is 2.11. The fraction of sp³-hybridized carbons (Fsp3) is 0.375. The fourth-order valence-electron chi connectivity index (χ4n) is 2.08. The van der Waals surface area contributed by atoms with Gasteiger partial charge in [-0.1, -0.05) is 36.9 Å². The molecule has 2 rings (SSSR count). The fourth-order valence-corrected chi connectivity index (χ4v) is 2.82. The van der Waals surface area contributed by atoms with Gasteiger partial charge >= 0.3 is 0 Å². The SMILES string of the molecule is CCc1cccc(C)c1NC(=O)[C@@H](C)Sc1nnc(C)c(=O)[nH]1. The molecule has 1 atom stereocenters. The number of H-pyrrole nitrogens is 1. The molecule has 0 saturated heterocycles. The van der Waals surface area contributed by atoms with Crippen molar-refractivity contribution in [2.75, 3.05) is 5.32 Å². The third kappa shape index (κ3) is 4.19. The molecule has 122 valence electrons. The maximum absolute atomic E-state index is 12.4. The highest BCUT2D eigenvalue weighted by atomic mass is 32.2. The summed E-state index contributed by atoms with van der Waals surface area (Å²) in [5, 5.41) is 10.6. The highest BCUT2D eigenvalue weighted by Gasteiger charge is 2.18. The third-order valence-electron chi connectivity index (χ3n) is 3.49. The number of anilines is 1. The molecular formula is C16H20N4O2S. The first kappa shape index (κ1) is 17.2. The van der Waals surface area contributed by atoms with E-state index in [1.54, 1.807) is 13.8 Å². The summed E-state index contributed by atoms with van der Waals surface area (Å²) >= 11 is 1.17. The molecule has 0 spiro atoms. The number of rotatable bonds is 5. The van der Waals surface area contributed by atoms with E-state index in [1.807, 2.05) is 25.1 Å². The highest BCUT2D eigenvalue weighted by molar-refractivity contribution is 8.00. The molecule has 0 aliphatic rings. The van der Waals surface area contributed by atoms with Crippen molar-refractivity contribution in [2.24, 2.45) is 0 Å². The Labute approximate surface area is 139 Å². The summed E-state index contributed by atoms with van der Waals surface area (Å²) in [5.74, 6) is -0.137. The van der Waals surface area contributed by atoms with E-state index in [0.29, 0.717) is 10.9 Å². The Morgan fingerprint density at radius 2 is 2.09 bits per heavy atom. The topological polar surface area (TPSA) is 87.7 Å². The average molecular weight is 332 g/mol. The van der Waals surface area contributed by atoms with Gasteiger partial charge in [0.25, 0.3) is 5.56 Å². The lowest BCUT2D eigenvalue weighted by Gasteiger charge is -2.15. The standard InChI is InChI=1S/C16H20N4O2S/c1-5-12-8-6-7-9(2)13(12)17-15(22)11(4)23-16-18-14(21)10(3)19-20-16/h6-8,11H,5H2,1-4H3,(H,17,22)(H,18,20,21)/t11-/m1/s1. The molecule has 1 aromatic heterocycles. The number of aryl methyl sites for hydroxylation is 3. The van der Waals surface area contributed by atoms with Crippen LogP contribution in [0.5, 0.6) is 0 Å². The second-order valence-corrected chi connectivity index (χ2v) is 6.59. The van der Waals surface area contributed by atoms with Crippen molar-refractivity contribution in [1.29, 1.82) is 0 Å². The number of thioether (sulfide) groups is 1. The van der Waals surface area contributed by atoms with Crippen molar-refractivity contribution >= 4 is 23.4 Å². The number of nitrogens with zero attached hydrogens (tertiary/aromatic N) is 2. The molecule has 0 bridgehead atoms. The summed E-state index contributed by atoms with van der Waals surface area (Å²) in [6, 6.07) is 5.95. The molecule has 1 aromatic carbocycles. The van der Waals surface area contributed by atoms with E-state index in [4.69, 9.17) is 0 Å². The molecule has 0 fully saturated rings. The molecule has 0 aliphatic carbocycles. The zero-order valence-corrected chi connectivity index (χ0v) is 14.5. The van der Waals surface area contributed by atoms with E-state index in [0.717, 1.165) is 23.2 Å². The van der Waals surface area contributed by atoms with Crippen molar-refractivity contribution < 1.29 is 4.79 Å². The summed E-state index contributed by atoms with van der Waals surface area (Å²) in [6.45, 7) is 7.37. The van der Waals surface area contributed by atoms with Gasteiger partial charge in [0.2, 0.25) is 5.91 Å². The number of hydrogen-bond donors (Lipinski definition) is 2. The van der Waals surface area contributed by atoms with E-state index < -0.39 is 5.25 Å².